The predicted octanol–water partition coefficient (Wildman–Crippen LogP) is 1.88. The number of thiazole rings is 1. The number of aliphatic hydroxyl groups is 1. The lowest BCUT2D eigenvalue weighted by Crippen LogP contribution is -2.61. The molecule has 21 heavy (non-hydrogen) atoms. The lowest BCUT2D eigenvalue weighted by Gasteiger charge is -2.49. The van der Waals surface area contributed by atoms with E-state index in [2.05, 4.69) is 24.1 Å². The van der Waals surface area contributed by atoms with Crippen LogP contribution < -0.4 is 5.32 Å². The highest BCUT2D eigenvalue weighted by Crippen LogP contribution is 2.47. The molecular weight excluding hydrogens is 288 g/mol. The Labute approximate surface area is 129 Å². The van der Waals surface area contributed by atoms with E-state index in [0.29, 0.717) is 19.4 Å². The third-order valence-corrected chi connectivity index (χ3v) is 5.32. The van der Waals surface area contributed by atoms with E-state index < -0.39 is 11.5 Å². The first-order valence-electron chi connectivity index (χ1n) is 7.29. The van der Waals surface area contributed by atoms with Gasteiger partial charge in [0.2, 0.25) is 0 Å². The second-order valence-corrected chi connectivity index (χ2v) is 7.11. The number of aliphatic hydroxyl groups excluding tert-OH is 1. The van der Waals surface area contributed by atoms with Crippen molar-refractivity contribution >= 4 is 17.3 Å². The second-order valence-electron chi connectivity index (χ2n) is 6.17. The fourth-order valence-electron chi connectivity index (χ4n) is 3.30. The Bertz CT molecular complexity index is 495. The van der Waals surface area contributed by atoms with Crippen LogP contribution >= 0.6 is 11.3 Å². The van der Waals surface area contributed by atoms with Gasteiger partial charge in [-0.05, 0) is 25.7 Å². The Morgan fingerprint density at radius 3 is 2.71 bits per heavy atom. The molecule has 6 heteroatoms. The van der Waals surface area contributed by atoms with Crippen molar-refractivity contribution < 1.29 is 14.6 Å². The minimum atomic E-state index is -0.610. The predicted molar refractivity (Wildman–Crippen MR) is 82.0 cm³/mol. The number of rotatable bonds is 6. The molecule has 2 N–H and O–H groups in total. The molecule has 1 aromatic heterocycles. The average molecular weight is 312 g/mol. The number of carbonyl (C=O) groups is 1. The largest absolute Gasteiger partial charge is 0.469 e. The molecule has 118 valence electrons. The molecule has 0 aliphatic heterocycles. The molecule has 1 aliphatic carbocycles. The molecule has 1 fully saturated rings. The van der Waals surface area contributed by atoms with Crippen LogP contribution in [0.5, 0.6) is 0 Å². The van der Waals surface area contributed by atoms with Crippen molar-refractivity contribution in [2.45, 2.75) is 52.3 Å². The van der Waals surface area contributed by atoms with Gasteiger partial charge < -0.3 is 15.2 Å². The van der Waals surface area contributed by atoms with Crippen LogP contribution in [0.2, 0.25) is 0 Å². The normalized spacial score (nSPS) is 26.5. The Balaban J connectivity index is 2.14. The molecular formula is C15H24N2O3S. The number of aryl methyl sites for hydroxylation is 1. The molecule has 1 aliphatic rings. The summed E-state index contributed by atoms with van der Waals surface area (Å²) in [5, 5.41) is 13.2. The fourth-order valence-corrected chi connectivity index (χ4v) is 4.03. The van der Waals surface area contributed by atoms with Crippen molar-refractivity contribution in [2.24, 2.45) is 11.3 Å². The quantitative estimate of drug-likeness (QED) is 0.785. The van der Waals surface area contributed by atoms with E-state index in [9.17, 15) is 9.90 Å². The highest BCUT2D eigenvalue weighted by atomic mass is 32.1. The molecule has 1 saturated carbocycles. The first-order chi connectivity index (χ1) is 9.90. The third-order valence-electron chi connectivity index (χ3n) is 4.38. The summed E-state index contributed by atoms with van der Waals surface area (Å²) in [6.07, 6.45) is 0.534. The van der Waals surface area contributed by atoms with E-state index in [-0.39, 0.29) is 17.9 Å². The summed E-state index contributed by atoms with van der Waals surface area (Å²) >= 11 is 1.62. The number of hydrogen-bond acceptors (Lipinski definition) is 6. The average Bonchev–Trinajstić information content (AvgIpc) is 2.80. The van der Waals surface area contributed by atoms with Crippen LogP contribution in [-0.2, 0) is 16.1 Å². The lowest BCUT2D eigenvalue weighted by molar-refractivity contribution is -0.173. The summed E-state index contributed by atoms with van der Waals surface area (Å²) in [6.45, 7) is 6.86. The minimum Gasteiger partial charge on any atom is -0.469 e. The Morgan fingerprint density at radius 2 is 2.29 bits per heavy atom. The highest BCUT2D eigenvalue weighted by Gasteiger charge is 2.56. The SMILES string of the molecule is COC(=O)C1(C(NCc2scnc2C)C(C)C)CC(O)C1. The standard InChI is InChI=1S/C15H24N2O3S/c1-9(2)13(16-7-12-10(3)17-8-21-12)15(14(19)20-4)5-11(18)6-15/h8-9,11,13,16,18H,5-7H2,1-4H3. The van der Waals surface area contributed by atoms with Gasteiger partial charge in [0.05, 0.1) is 29.8 Å². The maximum atomic E-state index is 12.3. The van der Waals surface area contributed by atoms with Gasteiger partial charge in [-0.3, -0.25) is 4.79 Å². The van der Waals surface area contributed by atoms with Gasteiger partial charge in [-0.1, -0.05) is 13.8 Å². The molecule has 2 rings (SSSR count). The summed E-state index contributed by atoms with van der Waals surface area (Å²) in [4.78, 5) is 17.7. The van der Waals surface area contributed by atoms with Gasteiger partial charge in [0.15, 0.2) is 0 Å². The van der Waals surface area contributed by atoms with Gasteiger partial charge in [-0.15, -0.1) is 11.3 Å². The van der Waals surface area contributed by atoms with Crippen molar-refractivity contribution in [1.29, 1.82) is 0 Å². The topological polar surface area (TPSA) is 71.5 Å². The van der Waals surface area contributed by atoms with Crippen molar-refractivity contribution in [3.05, 3.63) is 16.1 Å². The van der Waals surface area contributed by atoms with Crippen molar-refractivity contribution in [3.63, 3.8) is 0 Å². The summed E-state index contributed by atoms with van der Waals surface area (Å²) in [5.41, 5.74) is 2.25. The zero-order chi connectivity index (χ0) is 15.6. The van der Waals surface area contributed by atoms with E-state index in [1.165, 1.54) is 12.0 Å². The first-order valence-corrected chi connectivity index (χ1v) is 8.17. The smallest absolute Gasteiger partial charge is 0.313 e. The maximum absolute atomic E-state index is 12.3. The molecule has 0 bridgehead atoms. The Morgan fingerprint density at radius 1 is 1.62 bits per heavy atom. The van der Waals surface area contributed by atoms with Crippen LogP contribution in [0, 0.1) is 18.3 Å². The number of nitrogens with zero attached hydrogens (tertiary/aromatic N) is 1. The fraction of sp³-hybridized carbons (Fsp3) is 0.733. The van der Waals surface area contributed by atoms with Crippen LogP contribution in [-0.4, -0.2) is 35.3 Å². The Hall–Kier alpha value is -0.980. The van der Waals surface area contributed by atoms with Crippen LogP contribution in [0.1, 0.15) is 37.3 Å². The summed E-state index contributed by atoms with van der Waals surface area (Å²) in [6, 6.07) is -0.0187. The van der Waals surface area contributed by atoms with Gasteiger partial charge in [0, 0.05) is 17.5 Å². The van der Waals surface area contributed by atoms with Gasteiger partial charge in [-0.2, -0.15) is 0 Å². The summed E-state index contributed by atoms with van der Waals surface area (Å²) in [5.74, 6) is 0.0462. The molecule has 0 amide bonds. The highest BCUT2D eigenvalue weighted by molar-refractivity contribution is 7.09. The molecule has 5 nitrogen and oxygen atoms in total. The number of aromatic nitrogens is 1. The molecule has 0 aromatic carbocycles. The van der Waals surface area contributed by atoms with E-state index in [0.717, 1.165) is 5.69 Å². The molecule has 0 saturated heterocycles. The van der Waals surface area contributed by atoms with Crippen molar-refractivity contribution in [3.8, 4) is 0 Å². The zero-order valence-electron chi connectivity index (χ0n) is 13.0. The molecule has 1 heterocycles. The number of methoxy groups -OCH3 is 1. The van der Waals surface area contributed by atoms with Crippen molar-refractivity contribution in [2.75, 3.05) is 7.11 Å². The number of nitrogens with one attached hydrogen (secondary N) is 1. The van der Waals surface area contributed by atoms with Crippen LogP contribution in [0.15, 0.2) is 5.51 Å². The monoisotopic (exact) mass is 312 g/mol. The van der Waals surface area contributed by atoms with E-state index >= 15 is 0 Å². The molecule has 1 unspecified atom stereocenters. The van der Waals surface area contributed by atoms with Gasteiger partial charge in [-0.25, -0.2) is 4.98 Å². The molecule has 0 radical (unpaired) electrons. The van der Waals surface area contributed by atoms with Crippen LogP contribution in [0.25, 0.3) is 0 Å². The lowest BCUT2D eigenvalue weighted by atomic mass is 9.60. The van der Waals surface area contributed by atoms with E-state index in [1.807, 2.05) is 12.4 Å². The number of carbonyl (C=O) groups excluding carboxylic acids is 1. The van der Waals surface area contributed by atoms with E-state index in [4.69, 9.17) is 4.74 Å². The summed E-state index contributed by atoms with van der Waals surface area (Å²) < 4.78 is 5.00. The molecule has 1 aromatic rings. The zero-order valence-corrected chi connectivity index (χ0v) is 13.9. The van der Waals surface area contributed by atoms with Gasteiger partial charge >= 0.3 is 5.97 Å². The van der Waals surface area contributed by atoms with Crippen LogP contribution in [0.3, 0.4) is 0 Å². The first kappa shape index (κ1) is 16.4. The maximum Gasteiger partial charge on any atom is 0.313 e. The molecule has 1 atom stereocenters. The van der Waals surface area contributed by atoms with Crippen LogP contribution in [0.4, 0.5) is 0 Å². The van der Waals surface area contributed by atoms with Gasteiger partial charge in [0.25, 0.3) is 0 Å². The second kappa shape index (κ2) is 6.42. The summed E-state index contributed by atoms with van der Waals surface area (Å²) in [7, 11) is 1.42. The van der Waals surface area contributed by atoms with Gasteiger partial charge in [0.1, 0.15) is 0 Å². The van der Waals surface area contributed by atoms with E-state index in [1.54, 1.807) is 11.3 Å². The number of esters is 1. The van der Waals surface area contributed by atoms with Crippen molar-refractivity contribution in [1.82, 2.24) is 10.3 Å². The Kier molecular flexibility index (Phi) is 5.01. The number of ether oxygens (including phenoxy) is 1. The molecule has 0 spiro atoms. The minimum absolute atomic E-state index is 0.0187. The third kappa shape index (κ3) is 3.12. The number of hydrogen-bond donors (Lipinski definition) is 2.